The second kappa shape index (κ2) is 7.09. The number of unbranched alkanes of at least 4 members (excludes halogenated alkanes) is 1. The number of benzene rings is 1. The highest BCUT2D eigenvalue weighted by Gasteiger charge is 2.28. The molecule has 1 rings (SSSR count). The van der Waals surface area contributed by atoms with E-state index in [0.29, 0.717) is 6.61 Å². The molecule has 1 aromatic carbocycles. The molecule has 1 N–H and O–H groups in total. The molecule has 0 amide bonds. The van der Waals surface area contributed by atoms with Crippen molar-refractivity contribution in [2.24, 2.45) is 5.41 Å². The number of hydrogen-bond acceptors (Lipinski definition) is 1. The van der Waals surface area contributed by atoms with Crippen molar-refractivity contribution >= 4 is 0 Å². The van der Waals surface area contributed by atoms with E-state index in [1.165, 1.54) is 35.1 Å². The van der Waals surface area contributed by atoms with Crippen molar-refractivity contribution in [1.29, 1.82) is 0 Å². The zero-order valence-electron chi connectivity index (χ0n) is 13.3. The first-order valence-electron chi connectivity index (χ1n) is 7.65. The minimum atomic E-state index is 0.0702. The third kappa shape index (κ3) is 4.07. The highest BCUT2D eigenvalue weighted by atomic mass is 16.3. The molecule has 1 atom stereocenters. The summed E-state index contributed by atoms with van der Waals surface area (Å²) in [6.07, 6.45) is 5.60. The van der Waals surface area contributed by atoms with E-state index in [9.17, 15) is 5.11 Å². The normalized spacial score (nSPS) is 14.4. The number of hydrogen-bond donors (Lipinski definition) is 1. The highest BCUT2D eigenvalue weighted by Crippen LogP contribution is 2.34. The lowest BCUT2D eigenvalue weighted by molar-refractivity contribution is 0.107. The third-order valence-electron chi connectivity index (χ3n) is 4.54. The van der Waals surface area contributed by atoms with Gasteiger partial charge in [-0.2, -0.15) is 0 Å². The predicted octanol–water partition coefficient (Wildman–Crippen LogP) is 4.73. The Morgan fingerprint density at radius 2 is 1.63 bits per heavy atom. The summed E-state index contributed by atoms with van der Waals surface area (Å²) in [5.41, 5.74) is 5.59. The van der Waals surface area contributed by atoms with Gasteiger partial charge in [0.2, 0.25) is 0 Å². The number of rotatable bonds is 7. The monoisotopic (exact) mass is 262 g/mol. The van der Waals surface area contributed by atoms with Crippen LogP contribution in [0.1, 0.15) is 61.8 Å². The Balaban J connectivity index is 3.02. The molecular weight excluding hydrogens is 232 g/mol. The summed E-state index contributed by atoms with van der Waals surface area (Å²) in [5, 5.41) is 9.90. The lowest BCUT2D eigenvalue weighted by atomic mass is 9.74. The zero-order valence-corrected chi connectivity index (χ0v) is 13.3. The van der Waals surface area contributed by atoms with Crippen molar-refractivity contribution < 1.29 is 5.11 Å². The van der Waals surface area contributed by atoms with Crippen molar-refractivity contribution in [3.8, 4) is 0 Å². The number of aryl methyl sites for hydroxylation is 3. The summed E-state index contributed by atoms with van der Waals surface area (Å²) in [5.74, 6) is 0. The lowest BCUT2D eigenvalue weighted by Crippen LogP contribution is -2.28. The van der Waals surface area contributed by atoms with Crippen LogP contribution in [0.2, 0.25) is 0 Å². The van der Waals surface area contributed by atoms with Gasteiger partial charge in [-0.1, -0.05) is 44.4 Å². The van der Waals surface area contributed by atoms with Crippen LogP contribution in [0.15, 0.2) is 12.1 Å². The van der Waals surface area contributed by atoms with Crippen LogP contribution >= 0.6 is 0 Å². The van der Waals surface area contributed by atoms with Gasteiger partial charge in [0.15, 0.2) is 0 Å². The van der Waals surface area contributed by atoms with E-state index in [1.807, 2.05) is 0 Å². The largest absolute Gasteiger partial charge is 0.396 e. The van der Waals surface area contributed by atoms with E-state index in [4.69, 9.17) is 0 Å². The summed E-state index contributed by atoms with van der Waals surface area (Å²) < 4.78 is 0. The summed E-state index contributed by atoms with van der Waals surface area (Å²) in [6, 6.07) is 4.53. The molecule has 0 aliphatic carbocycles. The van der Waals surface area contributed by atoms with Gasteiger partial charge in [0, 0.05) is 6.61 Å². The van der Waals surface area contributed by atoms with Crippen LogP contribution in [0.3, 0.4) is 0 Å². The Hall–Kier alpha value is -0.820. The average Bonchev–Trinajstić information content (AvgIpc) is 2.38. The molecule has 0 fully saturated rings. The first-order chi connectivity index (χ1) is 8.98. The molecule has 0 spiro atoms. The first-order valence-corrected chi connectivity index (χ1v) is 7.65. The van der Waals surface area contributed by atoms with Gasteiger partial charge in [-0.25, -0.2) is 0 Å². The summed E-state index contributed by atoms with van der Waals surface area (Å²) in [6.45, 7) is 11.3. The zero-order chi connectivity index (χ0) is 14.5. The van der Waals surface area contributed by atoms with Crippen LogP contribution < -0.4 is 0 Å². The van der Waals surface area contributed by atoms with Crippen LogP contribution in [0.5, 0.6) is 0 Å². The average molecular weight is 262 g/mol. The third-order valence-corrected chi connectivity index (χ3v) is 4.54. The molecule has 1 aromatic rings. The van der Waals surface area contributed by atoms with Crippen molar-refractivity contribution in [3.05, 3.63) is 34.4 Å². The quantitative estimate of drug-likeness (QED) is 0.753. The Bertz CT molecular complexity index is 379. The van der Waals surface area contributed by atoms with Crippen LogP contribution in [0.4, 0.5) is 0 Å². The maximum atomic E-state index is 9.90. The Labute approximate surface area is 119 Å². The molecule has 0 bridgehead atoms. The molecule has 19 heavy (non-hydrogen) atoms. The molecule has 0 saturated heterocycles. The molecule has 0 aromatic heterocycles. The molecule has 0 saturated carbocycles. The van der Waals surface area contributed by atoms with Gasteiger partial charge in [0.25, 0.3) is 0 Å². The fourth-order valence-electron chi connectivity index (χ4n) is 3.05. The Morgan fingerprint density at radius 3 is 2.05 bits per heavy atom. The SMILES string of the molecule is CCCCC(CC)(CO)Cc1c(C)cc(C)cc1C. The number of aliphatic hydroxyl groups is 1. The van der Waals surface area contributed by atoms with Crippen LogP contribution in [-0.2, 0) is 6.42 Å². The van der Waals surface area contributed by atoms with Crippen molar-refractivity contribution in [1.82, 2.24) is 0 Å². The summed E-state index contributed by atoms with van der Waals surface area (Å²) in [4.78, 5) is 0. The van der Waals surface area contributed by atoms with Crippen LogP contribution in [-0.4, -0.2) is 11.7 Å². The van der Waals surface area contributed by atoms with E-state index >= 15 is 0 Å². The fourth-order valence-corrected chi connectivity index (χ4v) is 3.05. The van der Waals surface area contributed by atoms with E-state index in [2.05, 4.69) is 46.8 Å². The topological polar surface area (TPSA) is 20.2 Å². The summed E-state index contributed by atoms with van der Waals surface area (Å²) in [7, 11) is 0. The van der Waals surface area contributed by atoms with Crippen molar-refractivity contribution in [2.45, 2.75) is 66.7 Å². The Kier molecular flexibility index (Phi) is 6.06. The van der Waals surface area contributed by atoms with E-state index in [0.717, 1.165) is 19.3 Å². The minimum absolute atomic E-state index is 0.0702. The van der Waals surface area contributed by atoms with Crippen molar-refractivity contribution in [2.75, 3.05) is 6.61 Å². The van der Waals surface area contributed by atoms with Gasteiger partial charge < -0.3 is 5.11 Å². The van der Waals surface area contributed by atoms with Gasteiger partial charge in [0.1, 0.15) is 0 Å². The molecule has 0 aliphatic rings. The fraction of sp³-hybridized carbons (Fsp3) is 0.667. The Morgan fingerprint density at radius 1 is 1.05 bits per heavy atom. The van der Waals surface area contributed by atoms with Gasteiger partial charge in [-0.15, -0.1) is 0 Å². The second-order valence-corrected chi connectivity index (χ2v) is 6.17. The van der Waals surface area contributed by atoms with Crippen molar-refractivity contribution in [3.63, 3.8) is 0 Å². The first kappa shape index (κ1) is 16.2. The smallest absolute Gasteiger partial charge is 0.0490 e. The maximum Gasteiger partial charge on any atom is 0.0490 e. The molecular formula is C18H30O. The summed E-state index contributed by atoms with van der Waals surface area (Å²) >= 11 is 0. The second-order valence-electron chi connectivity index (χ2n) is 6.17. The predicted molar refractivity (Wildman–Crippen MR) is 83.7 cm³/mol. The number of aliphatic hydroxyl groups excluding tert-OH is 1. The van der Waals surface area contributed by atoms with Crippen LogP contribution in [0.25, 0.3) is 0 Å². The van der Waals surface area contributed by atoms with Gasteiger partial charge >= 0.3 is 0 Å². The standard InChI is InChI=1S/C18H30O/c1-6-8-9-18(7-2,13-19)12-17-15(4)10-14(3)11-16(17)5/h10-11,19H,6-9,12-13H2,1-5H3. The maximum absolute atomic E-state index is 9.90. The molecule has 0 radical (unpaired) electrons. The van der Waals surface area contributed by atoms with Gasteiger partial charge in [-0.3, -0.25) is 0 Å². The molecule has 0 aliphatic heterocycles. The lowest BCUT2D eigenvalue weighted by Gasteiger charge is -2.32. The minimum Gasteiger partial charge on any atom is -0.396 e. The van der Waals surface area contributed by atoms with E-state index in [-0.39, 0.29) is 5.41 Å². The molecule has 1 heteroatoms. The van der Waals surface area contributed by atoms with Crippen LogP contribution in [0, 0.1) is 26.2 Å². The van der Waals surface area contributed by atoms with E-state index in [1.54, 1.807) is 0 Å². The molecule has 108 valence electrons. The van der Waals surface area contributed by atoms with Gasteiger partial charge in [0.05, 0.1) is 0 Å². The molecule has 1 nitrogen and oxygen atoms in total. The molecule has 1 unspecified atom stereocenters. The van der Waals surface area contributed by atoms with E-state index < -0.39 is 0 Å². The van der Waals surface area contributed by atoms with Gasteiger partial charge in [-0.05, 0) is 62.1 Å². The highest BCUT2D eigenvalue weighted by molar-refractivity contribution is 5.38. The molecule has 0 heterocycles.